The molecule has 0 saturated heterocycles. The SMILES string of the molecule is O=C(COc1ccc(S(=O)(=O)Nc2ccc(Cl)cc2)cc1Cl)Nc1ccccc1Cl. The van der Waals surface area contributed by atoms with Gasteiger partial charge in [-0.25, -0.2) is 8.42 Å². The molecular weight excluding hydrogens is 471 g/mol. The second-order valence-electron chi connectivity index (χ2n) is 6.02. The highest BCUT2D eigenvalue weighted by Crippen LogP contribution is 2.29. The third kappa shape index (κ3) is 5.79. The first kappa shape index (κ1) is 22.2. The molecule has 0 aliphatic heterocycles. The van der Waals surface area contributed by atoms with Crippen molar-refractivity contribution in [1.82, 2.24) is 0 Å². The molecule has 0 aromatic heterocycles. The first-order valence-corrected chi connectivity index (χ1v) is 11.1. The molecule has 0 fully saturated rings. The number of anilines is 2. The Balaban J connectivity index is 1.65. The lowest BCUT2D eigenvalue weighted by Gasteiger charge is -2.12. The summed E-state index contributed by atoms with van der Waals surface area (Å²) in [6.07, 6.45) is 0. The van der Waals surface area contributed by atoms with E-state index in [4.69, 9.17) is 39.5 Å². The van der Waals surface area contributed by atoms with Crippen molar-refractivity contribution in [2.45, 2.75) is 4.90 Å². The Morgan fingerprint density at radius 2 is 1.60 bits per heavy atom. The molecule has 0 aliphatic rings. The van der Waals surface area contributed by atoms with Crippen LogP contribution >= 0.6 is 34.8 Å². The molecule has 0 bridgehead atoms. The Labute approximate surface area is 188 Å². The van der Waals surface area contributed by atoms with Gasteiger partial charge in [-0.3, -0.25) is 9.52 Å². The van der Waals surface area contributed by atoms with E-state index < -0.39 is 15.9 Å². The van der Waals surface area contributed by atoms with Crippen LogP contribution in [0.1, 0.15) is 0 Å². The number of para-hydroxylation sites is 1. The number of ether oxygens (including phenoxy) is 1. The van der Waals surface area contributed by atoms with Gasteiger partial charge < -0.3 is 10.1 Å². The number of hydrogen-bond acceptors (Lipinski definition) is 4. The molecule has 3 aromatic rings. The smallest absolute Gasteiger partial charge is 0.262 e. The lowest BCUT2D eigenvalue weighted by Crippen LogP contribution is -2.20. The second-order valence-corrected chi connectivity index (χ2v) is 8.95. The summed E-state index contributed by atoms with van der Waals surface area (Å²) < 4.78 is 32.9. The average molecular weight is 486 g/mol. The molecule has 0 aliphatic carbocycles. The van der Waals surface area contributed by atoms with Crippen molar-refractivity contribution in [3.8, 4) is 5.75 Å². The Bertz CT molecular complexity index is 1170. The van der Waals surface area contributed by atoms with Gasteiger partial charge in [0.25, 0.3) is 15.9 Å². The summed E-state index contributed by atoms with van der Waals surface area (Å²) in [7, 11) is -3.87. The minimum atomic E-state index is -3.87. The Hall–Kier alpha value is -2.45. The summed E-state index contributed by atoms with van der Waals surface area (Å²) in [5.41, 5.74) is 0.806. The molecule has 0 spiro atoms. The van der Waals surface area contributed by atoms with Crippen LogP contribution < -0.4 is 14.8 Å². The largest absolute Gasteiger partial charge is 0.482 e. The van der Waals surface area contributed by atoms with Crippen molar-refractivity contribution < 1.29 is 17.9 Å². The predicted molar refractivity (Wildman–Crippen MR) is 119 cm³/mol. The van der Waals surface area contributed by atoms with E-state index in [2.05, 4.69) is 10.0 Å². The minimum absolute atomic E-state index is 0.0412. The third-order valence-corrected chi connectivity index (χ3v) is 6.07. The lowest BCUT2D eigenvalue weighted by atomic mass is 10.3. The van der Waals surface area contributed by atoms with Crippen molar-refractivity contribution >= 4 is 62.1 Å². The number of benzene rings is 3. The van der Waals surface area contributed by atoms with Crippen LogP contribution in [0.2, 0.25) is 15.1 Å². The van der Waals surface area contributed by atoms with E-state index in [1.807, 2.05) is 0 Å². The number of carbonyl (C=O) groups is 1. The van der Waals surface area contributed by atoms with E-state index in [0.717, 1.165) is 0 Å². The van der Waals surface area contributed by atoms with E-state index in [9.17, 15) is 13.2 Å². The highest BCUT2D eigenvalue weighted by Gasteiger charge is 2.17. The van der Waals surface area contributed by atoms with Crippen LogP contribution in [-0.2, 0) is 14.8 Å². The summed E-state index contributed by atoms with van der Waals surface area (Å²) in [6.45, 7) is -0.333. The number of sulfonamides is 1. The molecule has 0 saturated carbocycles. The summed E-state index contributed by atoms with van der Waals surface area (Å²) >= 11 is 17.9. The average Bonchev–Trinajstić information content (AvgIpc) is 2.70. The molecule has 0 unspecified atom stereocenters. The van der Waals surface area contributed by atoms with Gasteiger partial charge in [-0.1, -0.05) is 46.9 Å². The van der Waals surface area contributed by atoms with Crippen LogP contribution in [-0.4, -0.2) is 20.9 Å². The summed E-state index contributed by atoms with van der Waals surface area (Å²) in [6, 6.07) is 16.9. The van der Waals surface area contributed by atoms with Crippen molar-refractivity contribution in [2.75, 3.05) is 16.6 Å². The van der Waals surface area contributed by atoms with Crippen LogP contribution in [0.15, 0.2) is 71.6 Å². The minimum Gasteiger partial charge on any atom is -0.482 e. The molecule has 156 valence electrons. The topological polar surface area (TPSA) is 84.5 Å². The van der Waals surface area contributed by atoms with E-state index in [1.54, 1.807) is 36.4 Å². The molecule has 2 N–H and O–H groups in total. The van der Waals surface area contributed by atoms with E-state index >= 15 is 0 Å². The maximum Gasteiger partial charge on any atom is 0.262 e. The molecule has 0 atom stereocenters. The van der Waals surface area contributed by atoms with Gasteiger partial charge >= 0.3 is 0 Å². The van der Waals surface area contributed by atoms with Gasteiger partial charge in [0.1, 0.15) is 5.75 Å². The fourth-order valence-corrected chi connectivity index (χ4v) is 4.08. The maximum atomic E-state index is 12.5. The van der Waals surface area contributed by atoms with E-state index in [1.165, 1.54) is 30.3 Å². The summed E-state index contributed by atoms with van der Waals surface area (Å²) in [5.74, 6) is -0.281. The Morgan fingerprint density at radius 3 is 2.27 bits per heavy atom. The normalized spacial score (nSPS) is 11.0. The first-order valence-electron chi connectivity index (χ1n) is 8.50. The zero-order valence-electron chi connectivity index (χ0n) is 15.2. The van der Waals surface area contributed by atoms with Gasteiger partial charge in [0.05, 0.1) is 20.6 Å². The third-order valence-electron chi connectivity index (χ3n) is 3.82. The van der Waals surface area contributed by atoms with Crippen LogP contribution in [0.5, 0.6) is 5.75 Å². The summed E-state index contributed by atoms with van der Waals surface area (Å²) in [4.78, 5) is 12.0. The van der Waals surface area contributed by atoms with Gasteiger partial charge in [-0.05, 0) is 54.6 Å². The number of halogens is 3. The summed E-state index contributed by atoms with van der Waals surface area (Å²) in [5, 5.41) is 3.54. The fraction of sp³-hybridized carbons (Fsp3) is 0.0500. The number of hydrogen-bond donors (Lipinski definition) is 2. The number of carbonyl (C=O) groups excluding carboxylic acids is 1. The number of amides is 1. The van der Waals surface area contributed by atoms with Crippen LogP contribution in [0, 0.1) is 0 Å². The predicted octanol–water partition coefficient (Wildman–Crippen LogP) is 5.47. The molecule has 3 aromatic carbocycles. The standard InChI is InChI=1S/C20H15Cl3N2O4S/c21-13-5-7-14(8-6-13)25-30(27,28)15-9-10-19(17(23)11-15)29-12-20(26)24-18-4-2-1-3-16(18)22/h1-11,25H,12H2,(H,24,26). The van der Waals surface area contributed by atoms with Crippen LogP contribution in [0.3, 0.4) is 0 Å². The second kappa shape index (κ2) is 9.57. The zero-order valence-corrected chi connectivity index (χ0v) is 18.3. The molecule has 6 nitrogen and oxygen atoms in total. The van der Waals surface area contributed by atoms with Gasteiger partial charge in [-0.15, -0.1) is 0 Å². The lowest BCUT2D eigenvalue weighted by molar-refractivity contribution is -0.118. The first-order chi connectivity index (χ1) is 14.2. The van der Waals surface area contributed by atoms with Gasteiger partial charge in [0.2, 0.25) is 0 Å². The number of nitrogens with one attached hydrogen (secondary N) is 2. The molecular formula is C20H15Cl3N2O4S. The molecule has 1 amide bonds. The van der Waals surface area contributed by atoms with Crippen molar-refractivity contribution in [2.24, 2.45) is 0 Å². The molecule has 3 rings (SSSR count). The number of rotatable bonds is 7. The van der Waals surface area contributed by atoms with Gasteiger partial charge in [-0.2, -0.15) is 0 Å². The van der Waals surface area contributed by atoms with Crippen LogP contribution in [0.25, 0.3) is 0 Å². The highest BCUT2D eigenvalue weighted by atomic mass is 35.5. The van der Waals surface area contributed by atoms with Crippen molar-refractivity contribution in [3.63, 3.8) is 0 Å². The maximum absolute atomic E-state index is 12.5. The Kier molecular flexibility index (Phi) is 7.10. The van der Waals surface area contributed by atoms with Gasteiger partial charge in [0.15, 0.2) is 6.61 Å². The van der Waals surface area contributed by atoms with Crippen molar-refractivity contribution in [3.05, 3.63) is 81.8 Å². The molecule has 10 heteroatoms. The molecule has 0 radical (unpaired) electrons. The van der Waals surface area contributed by atoms with E-state index in [-0.39, 0.29) is 22.3 Å². The Morgan fingerprint density at radius 1 is 0.900 bits per heavy atom. The van der Waals surface area contributed by atoms with Gasteiger partial charge in [0, 0.05) is 10.7 Å². The molecule has 0 heterocycles. The highest BCUT2D eigenvalue weighted by molar-refractivity contribution is 7.92. The molecule has 30 heavy (non-hydrogen) atoms. The van der Waals surface area contributed by atoms with Crippen molar-refractivity contribution in [1.29, 1.82) is 0 Å². The quantitative estimate of drug-likeness (QED) is 0.465. The van der Waals surface area contributed by atoms with E-state index in [0.29, 0.717) is 21.4 Å². The monoisotopic (exact) mass is 484 g/mol. The zero-order chi connectivity index (χ0) is 21.7. The fourth-order valence-electron chi connectivity index (χ4n) is 2.39. The van der Waals surface area contributed by atoms with Crippen LogP contribution in [0.4, 0.5) is 11.4 Å².